The van der Waals surface area contributed by atoms with Crippen LogP contribution >= 0.6 is 0 Å². The Morgan fingerprint density at radius 3 is 2.78 bits per heavy atom. The third-order valence-electron chi connectivity index (χ3n) is 4.83. The van der Waals surface area contributed by atoms with E-state index >= 15 is 0 Å². The van der Waals surface area contributed by atoms with Gasteiger partial charge in [0.1, 0.15) is 5.82 Å². The average molecular weight is 360 g/mol. The highest BCUT2D eigenvalue weighted by molar-refractivity contribution is 6.06. The van der Waals surface area contributed by atoms with Gasteiger partial charge in [-0.2, -0.15) is 0 Å². The normalized spacial score (nSPS) is 14.0. The maximum atomic E-state index is 12.6. The number of nitrogens with zero attached hydrogens (tertiary/aromatic N) is 2. The van der Waals surface area contributed by atoms with E-state index in [9.17, 15) is 9.59 Å². The molecule has 0 aliphatic carbocycles. The SMILES string of the molecule is NCc1cccc2ccc(C(=O)Nc3ccc(N4CCCC4=O)cn3)cc12. The average Bonchev–Trinajstić information content (AvgIpc) is 3.13. The van der Waals surface area contributed by atoms with Crippen LogP contribution < -0.4 is 16.0 Å². The predicted octanol–water partition coefficient (Wildman–Crippen LogP) is 3.07. The molecule has 0 saturated carbocycles. The van der Waals surface area contributed by atoms with Crippen LogP contribution in [0.2, 0.25) is 0 Å². The molecule has 6 heteroatoms. The number of carbonyl (C=O) groups is 2. The number of aromatic nitrogens is 1. The van der Waals surface area contributed by atoms with E-state index in [1.165, 1.54) is 0 Å². The molecule has 0 spiro atoms. The number of hydrogen-bond donors (Lipinski definition) is 2. The van der Waals surface area contributed by atoms with Gasteiger partial charge in [-0.25, -0.2) is 4.98 Å². The first-order valence-corrected chi connectivity index (χ1v) is 8.95. The van der Waals surface area contributed by atoms with Gasteiger partial charge in [0.25, 0.3) is 5.91 Å². The second-order valence-electron chi connectivity index (χ2n) is 6.56. The van der Waals surface area contributed by atoms with Crippen molar-refractivity contribution < 1.29 is 9.59 Å². The fraction of sp³-hybridized carbons (Fsp3) is 0.190. The Hall–Kier alpha value is -3.25. The molecule has 2 amide bonds. The number of carbonyl (C=O) groups excluding carboxylic acids is 2. The lowest BCUT2D eigenvalue weighted by atomic mass is 10.0. The highest BCUT2D eigenvalue weighted by atomic mass is 16.2. The molecule has 6 nitrogen and oxygen atoms in total. The molecular formula is C21H20N4O2. The zero-order valence-electron chi connectivity index (χ0n) is 14.8. The first-order valence-electron chi connectivity index (χ1n) is 8.95. The number of rotatable bonds is 4. The van der Waals surface area contributed by atoms with Gasteiger partial charge in [0.2, 0.25) is 5.91 Å². The summed E-state index contributed by atoms with van der Waals surface area (Å²) in [6.45, 7) is 1.13. The largest absolute Gasteiger partial charge is 0.326 e. The summed E-state index contributed by atoms with van der Waals surface area (Å²) in [5.41, 5.74) is 8.11. The van der Waals surface area contributed by atoms with Gasteiger partial charge >= 0.3 is 0 Å². The van der Waals surface area contributed by atoms with Crippen molar-refractivity contribution in [1.29, 1.82) is 0 Å². The van der Waals surface area contributed by atoms with E-state index in [4.69, 9.17) is 5.73 Å². The van der Waals surface area contributed by atoms with E-state index < -0.39 is 0 Å². The Bertz CT molecular complexity index is 1010. The first kappa shape index (κ1) is 17.2. The highest BCUT2D eigenvalue weighted by Crippen LogP contribution is 2.23. The van der Waals surface area contributed by atoms with E-state index in [1.807, 2.05) is 30.3 Å². The number of benzene rings is 2. The first-order chi connectivity index (χ1) is 13.2. The number of anilines is 2. The monoisotopic (exact) mass is 360 g/mol. The summed E-state index contributed by atoms with van der Waals surface area (Å²) in [5, 5.41) is 4.83. The van der Waals surface area contributed by atoms with Gasteiger partial charge in [0, 0.05) is 25.1 Å². The van der Waals surface area contributed by atoms with Crippen LogP contribution in [0.5, 0.6) is 0 Å². The number of amides is 2. The van der Waals surface area contributed by atoms with E-state index in [1.54, 1.807) is 29.3 Å². The van der Waals surface area contributed by atoms with E-state index in [-0.39, 0.29) is 11.8 Å². The topological polar surface area (TPSA) is 88.3 Å². The fourth-order valence-electron chi connectivity index (χ4n) is 3.39. The van der Waals surface area contributed by atoms with Gasteiger partial charge in [-0.3, -0.25) is 9.59 Å². The molecular weight excluding hydrogens is 340 g/mol. The van der Waals surface area contributed by atoms with Gasteiger partial charge in [-0.15, -0.1) is 0 Å². The maximum Gasteiger partial charge on any atom is 0.256 e. The Morgan fingerprint density at radius 2 is 2.07 bits per heavy atom. The van der Waals surface area contributed by atoms with Crippen molar-refractivity contribution in [2.24, 2.45) is 5.73 Å². The second kappa shape index (κ2) is 7.17. The predicted molar refractivity (Wildman–Crippen MR) is 106 cm³/mol. The van der Waals surface area contributed by atoms with Gasteiger partial charge < -0.3 is 16.0 Å². The van der Waals surface area contributed by atoms with Gasteiger partial charge in [-0.1, -0.05) is 24.3 Å². The highest BCUT2D eigenvalue weighted by Gasteiger charge is 2.21. The molecule has 0 unspecified atom stereocenters. The van der Waals surface area contributed by atoms with Crippen molar-refractivity contribution in [3.63, 3.8) is 0 Å². The molecule has 4 rings (SSSR count). The molecule has 2 aromatic carbocycles. The molecule has 0 bridgehead atoms. The van der Waals surface area contributed by atoms with Crippen LogP contribution in [0.1, 0.15) is 28.8 Å². The van der Waals surface area contributed by atoms with Crippen molar-refractivity contribution in [1.82, 2.24) is 4.98 Å². The molecule has 1 aromatic heterocycles. The van der Waals surface area contributed by atoms with Crippen LogP contribution in [0, 0.1) is 0 Å². The number of nitrogens with one attached hydrogen (secondary N) is 1. The van der Waals surface area contributed by atoms with E-state index in [0.29, 0.717) is 30.9 Å². The summed E-state index contributed by atoms with van der Waals surface area (Å²) in [6.07, 6.45) is 3.06. The number of fused-ring (bicyclic) bond motifs is 1. The minimum atomic E-state index is -0.235. The maximum absolute atomic E-state index is 12.6. The van der Waals surface area contributed by atoms with Crippen molar-refractivity contribution in [3.8, 4) is 0 Å². The Labute approximate surface area is 157 Å². The van der Waals surface area contributed by atoms with Crippen LogP contribution in [-0.4, -0.2) is 23.3 Å². The lowest BCUT2D eigenvalue weighted by molar-refractivity contribution is -0.117. The van der Waals surface area contributed by atoms with Crippen molar-refractivity contribution in [2.45, 2.75) is 19.4 Å². The molecule has 3 aromatic rings. The van der Waals surface area contributed by atoms with Crippen LogP contribution in [0.3, 0.4) is 0 Å². The quantitative estimate of drug-likeness (QED) is 0.748. The second-order valence-corrected chi connectivity index (χ2v) is 6.56. The summed E-state index contributed by atoms with van der Waals surface area (Å²) in [7, 11) is 0. The lowest BCUT2D eigenvalue weighted by Crippen LogP contribution is -2.23. The van der Waals surface area contributed by atoms with Crippen LogP contribution in [0.4, 0.5) is 11.5 Å². The molecule has 3 N–H and O–H groups in total. The summed E-state index contributed by atoms with van der Waals surface area (Å²) < 4.78 is 0. The van der Waals surface area contributed by atoms with Gasteiger partial charge in [0.05, 0.1) is 11.9 Å². The number of hydrogen-bond acceptors (Lipinski definition) is 4. The summed E-state index contributed by atoms with van der Waals surface area (Å²) in [5.74, 6) is 0.323. The standard InChI is InChI=1S/C21H20N4O2/c22-12-16-4-1-3-14-6-7-15(11-18(14)16)21(27)24-19-9-8-17(13-23-19)25-10-2-5-20(25)26/h1,3-4,6-9,11,13H,2,5,10,12,22H2,(H,23,24,27). The number of pyridine rings is 1. The summed E-state index contributed by atoms with van der Waals surface area (Å²) in [6, 6.07) is 15.0. The molecule has 2 heterocycles. The molecule has 0 atom stereocenters. The summed E-state index contributed by atoms with van der Waals surface area (Å²) >= 11 is 0. The summed E-state index contributed by atoms with van der Waals surface area (Å²) in [4.78, 5) is 30.4. The Balaban J connectivity index is 1.53. The Kier molecular flexibility index (Phi) is 4.56. The van der Waals surface area contributed by atoms with Crippen molar-refractivity contribution >= 4 is 34.1 Å². The Morgan fingerprint density at radius 1 is 1.19 bits per heavy atom. The fourth-order valence-corrected chi connectivity index (χ4v) is 3.39. The number of nitrogens with two attached hydrogens (primary N) is 1. The van der Waals surface area contributed by atoms with Crippen LogP contribution in [0.25, 0.3) is 10.8 Å². The molecule has 0 radical (unpaired) electrons. The third kappa shape index (κ3) is 3.39. The zero-order valence-corrected chi connectivity index (χ0v) is 14.8. The molecule has 27 heavy (non-hydrogen) atoms. The van der Waals surface area contributed by atoms with Gasteiger partial charge in [-0.05, 0) is 47.0 Å². The third-order valence-corrected chi connectivity index (χ3v) is 4.83. The minimum Gasteiger partial charge on any atom is -0.326 e. The van der Waals surface area contributed by atoms with Crippen molar-refractivity contribution in [3.05, 3.63) is 65.9 Å². The molecule has 136 valence electrons. The zero-order chi connectivity index (χ0) is 18.8. The van der Waals surface area contributed by atoms with Crippen LogP contribution in [-0.2, 0) is 11.3 Å². The molecule has 1 saturated heterocycles. The lowest BCUT2D eigenvalue weighted by Gasteiger charge is -2.15. The van der Waals surface area contributed by atoms with E-state index in [0.717, 1.165) is 28.4 Å². The van der Waals surface area contributed by atoms with E-state index in [2.05, 4.69) is 10.3 Å². The molecule has 1 aliphatic heterocycles. The van der Waals surface area contributed by atoms with Crippen molar-refractivity contribution in [2.75, 3.05) is 16.8 Å². The van der Waals surface area contributed by atoms with Gasteiger partial charge in [0.15, 0.2) is 0 Å². The molecule has 1 fully saturated rings. The van der Waals surface area contributed by atoms with Crippen LogP contribution in [0.15, 0.2) is 54.7 Å². The minimum absolute atomic E-state index is 0.112. The molecule has 1 aliphatic rings. The smallest absolute Gasteiger partial charge is 0.256 e.